The van der Waals surface area contributed by atoms with Gasteiger partial charge in [0, 0.05) is 0 Å². The van der Waals surface area contributed by atoms with E-state index >= 15 is 0 Å². The van der Waals surface area contributed by atoms with Crippen LogP contribution in [-0.2, 0) is 67.1 Å². The molecule has 0 aliphatic heterocycles. The van der Waals surface area contributed by atoms with E-state index in [1.807, 2.05) is 31.9 Å². The van der Waals surface area contributed by atoms with Crippen LogP contribution in [0.15, 0.2) is 0 Å². The zero-order valence-corrected chi connectivity index (χ0v) is 29.4. The number of carboxylic acids is 4. The molecule has 0 aliphatic carbocycles. The molecule has 20 N–H and O–H groups in total. The van der Waals surface area contributed by atoms with Crippen LogP contribution in [0.4, 0.5) is 0 Å². The minimum absolute atomic E-state index is 0.939. The van der Waals surface area contributed by atoms with Crippen LogP contribution in [0.3, 0.4) is 0 Å². The van der Waals surface area contributed by atoms with Gasteiger partial charge in [-0.25, -0.2) is 4.79 Å². The molecule has 7 atom stereocenters. The Morgan fingerprint density at radius 2 is 0.544 bits per heavy atom. The molecule has 0 aromatic rings. The van der Waals surface area contributed by atoms with Crippen molar-refractivity contribution in [1.29, 1.82) is 0 Å². The Hall–Kier alpha value is -7.46. The van der Waals surface area contributed by atoms with Gasteiger partial charge in [0.15, 0.2) is 0 Å². The summed E-state index contributed by atoms with van der Waals surface area (Å²) in [5, 5.41) is 47.8. The number of hydrogen-bond donors (Lipinski definition) is 15. The summed E-state index contributed by atoms with van der Waals surface area (Å²) in [5.41, 5.74) is 25.8. The minimum atomic E-state index is -2.22. The molecule has 0 unspecified atom stereocenters. The standard InChI is InChI=1S/C28H41N11O18/c29-8(1-19(44)45)22(50)34-12(6-20(46)47)26(54)38-13(7-21(48)49)27(55)37-10(3-16(31)41)24(52)35-9(2-15(30)40)23(51)36-11(4-17(32)42)25(53)39-14(28(56)57)5-18(33)43/h8-14H,1-7,29H2,(H2,30,40)(H2,31,41)(H2,32,42)(H2,33,43)(H,34,50)(H,35,52)(H,36,51)(H,37,55)(H,38,54)(H,39,53)(H,44,45)(H,46,47)(H,48,49)(H,56,57)/t8-,9-,10-,11-,12-,13-,14-/m0/s1. The largest absolute Gasteiger partial charge is 0.481 e. The molecule has 29 heteroatoms. The van der Waals surface area contributed by atoms with Crippen molar-refractivity contribution in [1.82, 2.24) is 31.9 Å². The quantitative estimate of drug-likeness (QED) is 0.0366. The van der Waals surface area contributed by atoms with Gasteiger partial charge in [0.05, 0.1) is 51.0 Å². The van der Waals surface area contributed by atoms with Crippen molar-refractivity contribution in [2.75, 3.05) is 0 Å². The number of carboxylic acid groups (broad SMARTS) is 4. The molecule has 0 saturated carbocycles. The lowest BCUT2D eigenvalue weighted by Crippen LogP contribution is -2.61. The van der Waals surface area contributed by atoms with Gasteiger partial charge in [-0.1, -0.05) is 0 Å². The third-order valence-corrected chi connectivity index (χ3v) is 6.89. The first-order valence-electron chi connectivity index (χ1n) is 15.8. The molecule has 0 radical (unpaired) electrons. The highest BCUT2D eigenvalue weighted by Crippen LogP contribution is 2.05. The number of hydrogen-bond acceptors (Lipinski definition) is 15. The summed E-state index contributed by atoms with van der Waals surface area (Å²) < 4.78 is 0. The fourth-order valence-electron chi connectivity index (χ4n) is 4.32. The monoisotopic (exact) mass is 819 g/mol. The van der Waals surface area contributed by atoms with Crippen molar-refractivity contribution >= 4 is 82.9 Å². The van der Waals surface area contributed by atoms with Gasteiger partial charge in [0.25, 0.3) is 0 Å². The van der Waals surface area contributed by atoms with E-state index in [0.29, 0.717) is 0 Å². The Kier molecular flexibility index (Phi) is 20.3. The SMILES string of the molecule is NC(=O)C[C@H](NC(=O)[C@H](CC(N)=O)NC(=O)[C@H](CC(N)=O)NC(=O)[C@H](CC(N)=O)NC(=O)[C@H](CC(=O)O)NC(=O)[C@H](CC(=O)O)NC(=O)[C@@H](N)CC(=O)O)C(=O)O. The predicted molar refractivity (Wildman–Crippen MR) is 179 cm³/mol. The fraction of sp³-hybridized carbons (Fsp3) is 0.500. The van der Waals surface area contributed by atoms with Crippen molar-refractivity contribution in [2.45, 2.75) is 87.2 Å². The topological polar surface area (TPSA) is 522 Å². The van der Waals surface area contributed by atoms with Crippen molar-refractivity contribution in [3.05, 3.63) is 0 Å². The minimum Gasteiger partial charge on any atom is -0.481 e. The van der Waals surface area contributed by atoms with Gasteiger partial charge < -0.3 is 81.0 Å². The normalized spacial score (nSPS) is 14.2. The van der Waals surface area contributed by atoms with Crippen LogP contribution in [0.2, 0.25) is 0 Å². The highest BCUT2D eigenvalue weighted by atomic mass is 16.4. The van der Waals surface area contributed by atoms with E-state index in [-0.39, 0.29) is 0 Å². The molecular formula is C28H41N11O18. The second-order valence-electron chi connectivity index (χ2n) is 11.8. The third-order valence-electron chi connectivity index (χ3n) is 6.89. The summed E-state index contributed by atoms with van der Waals surface area (Å²) in [4.78, 5) is 169. The lowest BCUT2D eigenvalue weighted by molar-refractivity contribution is -0.144. The average Bonchev–Trinajstić information content (AvgIpc) is 3.04. The zero-order chi connectivity index (χ0) is 44.3. The molecule has 0 bridgehead atoms. The highest BCUT2D eigenvalue weighted by molar-refractivity contribution is 6.01. The molecule has 29 nitrogen and oxygen atoms in total. The molecule has 0 rings (SSSR count). The molecule has 316 valence electrons. The second-order valence-corrected chi connectivity index (χ2v) is 11.8. The van der Waals surface area contributed by atoms with Gasteiger partial charge in [-0.2, -0.15) is 0 Å². The van der Waals surface area contributed by atoms with Crippen LogP contribution in [0, 0.1) is 0 Å². The smallest absolute Gasteiger partial charge is 0.326 e. The summed E-state index contributed by atoms with van der Waals surface area (Å²) in [5.74, 6) is -20.7. The molecule has 0 aliphatic rings. The summed E-state index contributed by atoms with van der Waals surface area (Å²) in [6.45, 7) is 0. The molecule has 0 spiro atoms. The van der Waals surface area contributed by atoms with Gasteiger partial charge in [-0.05, 0) is 0 Å². The first kappa shape index (κ1) is 49.5. The van der Waals surface area contributed by atoms with E-state index in [0.717, 1.165) is 0 Å². The van der Waals surface area contributed by atoms with Gasteiger partial charge in [-0.15, -0.1) is 0 Å². The number of primary amides is 4. The average molecular weight is 820 g/mol. The van der Waals surface area contributed by atoms with Crippen LogP contribution in [0.25, 0.3) is 0 Å². The van der Waals surface area contributed by atoms with Crippen LogP contribution in [0.1, 0.15) is 44.9 Å². The molecule has 0 fully saturated rings. The lowest BCUT2D eigenvalue weighted by atomic mass is 10.1. The number of aliphatic carboxylic acids is 4. The van der Waals surface area contributed by atoms with Crippen LogP contribution in [0.5, 0.6) is 0 Å². The third kappa shape index (κ3) is 20.0. The summed E-state index contributed by atoms with van der Waals surface area (Å²) in [7, 11) is 0. The molecule has 0 aromatic heterocycles. The van der Waals surface area contributed by atoms with Crippen LogP contribution >= 0.6 is 0 Å². The van der Waals surface area contributed by atoms with Crippen molar-refractivity contribution in [2.24, 2.45) is 28.7 Å². The fourth-order valence-corrected chi connectivity index (χ4v) is 4.32. The maximum atomic E-state index is 13.3. The Morgan fingerprint density at radius 3 is 0.772 bits per heavy atom. The number of nitrogens with one attached hydrogen (secondary N) is 6. The maximum Gasteiger partial charge on any atom is 0.326 e. The molecule has 0 heterocycles. The van der Waals surface area contributed by atoms with E-state index in [1.165, 1.54) is 0 Å². The van der Waals surface area contributed by atoms with E-state index in [2.05, 4.69) is 0 Å². The van der Waals surface area contributed by atoms with E-state index in [9.17, 15) is 82.4 Å². The molecule has 57 heavy (non-hydrogen) atoms. The van der Waals surface area contributed by atoms with Crippen molar-refractivity contribution in [3.8, 4) is 0 Å². The summed E-state index contributed by atoms with van der Waals surface area (Å²) >= 11 is 0. The molecule has 10 amide bonds. The van der Waals surface area contributed by atoms with E-state index < -0.39 is 170 Å². The first-order chi connectivity index (χ1) is 26.2. The Balaban J connectivity index is 6.42. The summed E-state index contributed by atoms with van der Waals surface area (Å²) in [6, 6.07) is -14.4. The number of rotatable bonds is 27. The van der Waals surface area contributed by atoms with E-state index in [1.54, 1.807) is 0 Å². The van der Waals surface area contributed by atoms with Gasteiger partial charge in [0.1, 0.15) is 36.3 Å². The zero-order valence-electron chi connectivity index (χ0n) is 29.4. The van der Waals surface area contributed by atoms with Gasteiger partial charge in [-0.3, -0.25) is 62.3 Å². The highest BCUT2D eigenvalue weighted by Gasteiger charge is 2.36. The van der Waals surface area contributed by atoms with Gasteiger partial charge in [0.2, 0.25) is 59.1 Å². The maximum absolute atomic E-state index is 13.3. The lowest BCUT2D eigenvalue weighted by Gasteiger charge is -2.26. The van der Waals surface area contributed by atoms with Gasteiger partial charge >= 0.3 is 23.9 Å². The first-order valence-corrected chi connectivity index (χ1v) is 15.8. The number of nitrogens with two attached hydrogens (primary N) is 5. The Bertz CT molecular complexity index is 1650. The molecule has 0 saturated heterocycles. The van der Waals surface area contributed by atoms with Crippen molar-refractivity contribution < 1.29 is 87.5 Å². The van der Waals surface area contributed by atoms with Crippen molar-refractivity contribution in [3.63, 3.8) is 0 Å². The van der Waals surface area contributed by atoms with Crippen LogP contribution in [-0.4, -0.2) is 146 Å². The van der Waals surface area contributed by atoms with E-state index in [4.69, 9.17) is 33.8 Å². The molecule has 0 aromatic carbocycles. The predicted octanol–water partition coefficient (Wildman–Crippen LogP) is -9.77. The summed E-state index contributed by atoms with van der Waals surface area (Å²) in [6.07, 6.45) is -7.65. The second kappa shape index (κ2) is 23.4. The van der Waals surface area contributed by atoms with Crippen LogP contribution < -0.4 is 60.6 Å². The Morgan fingerprint density at radius 1 is 0.333 bits per heavy atom. The Labute approximate surface area is 318 Å². The molecular weight excluding hydrogens is 778 g/mol. The number of amides is 10. The number of carbonyl (C=O) groups excluding carboxylic acids is 10. The number of carbonyl (C=O) groups is 14.